The van der Waals surface area contributed by atoms with E-state index in [9.17, 15) is 0 Å². The highest BCUT2D eigenvalue weighted by Crippen LogP contribution is 2.57. The van der Waals surface area contributed by atoms with E-state index in [-0.39, 0.29) is 0 Å². The number of nitrogens with two attached hydrogens (primary N) is 1. The number of nitrogens with zero attached hydrogens (tertiary/aromatic N) is 2. The first-order valence-corrected chi connectivity index (χ1v) is 8.05. The maximum Gasteiger partial charge on any atom is 0.0449 e. The van der Waals surface area contributed by atoms with Crippen molar-refractivity contribution >= 4 is 11.4 Å². The van der Waals surface area contributed by atoms with Crippen LogP contribution >= 0.6 is 0 Å². The molecule has 0 saturated heterocycles. The first-order valence-electron chi connectivity index (χ1n) is 8.05. The SMILES string of the molecule is CC1=NN=C(C2C3CC4CC(C3)CC2C4)CC1CN. The Morgan fingerprint density at radius 2 is 1.63 bits per heavy atom. The number of hydrogen-bond donors (Lipinski definition) is 1. The Bertz CT molecular complexity index is 409. The van der Waals surface area contributed by atoms with E-state index in [0.29, 0.717) is 5.92 Å². The van der Waals surface area contributed by atoms with E-state index in [1.807, 2.05) is 0 Å². The normalized spacial score (nSPS) is 48.1. The second-order valence-electron chi connectivity index (χ2n) is 7.43. The van der Waals surface area contributed by atoms with Crippen LogP contribution < -0.4 is 5.73 Å². The zero-order chi connectivity index (χ0) is 13.0. The minimum Gasteiger partial charge on any atom is -0.330 e. The Hall–Kier alpha value is -0.700. The molecule has 1 atom stereocenters. The first-order chi connectivity index (χ1) is 9.24. The Balaban J connectivity index is 1.60. The van der Waals surface area contributed by atoms with Crippen LogP contribution in [0, 0.1) is 35.5 Å². The third-order valence-electron chi connectivity index (χ3n) is 6.28. The molecule has 1 unspecified atom stereocenters. The lowest BCUT2D eigenvalue weighted by atomic mass is 9.50. The van der Waals surface area contributed by atoms with Gasteiger partial charge >= 0.3 is 0 Å². The molecule has 2 N–H and O–H groups in total. The van der Waals surface area contributed by atoms with Crippen molar-refractivity contribution < 1.29 is 0 Å². The number of hydrogen-bond acceptors (Lipinski definition) is 3. The van der Waals surface area contributed by atoms with E-state index in [0.717, 1.165) is 48.3 Å². The molecule has 0 aromatic heterocycles. The summed E-state index contributed by atoms with van der Waals surface area (Å²) in [5.41, 5.74) is 8.43. The lowest BCUT2D eigenvalue weighted by Crippen LogP contribution is -2.49. The van der Waals surface area contributed by atoms with Crippen LogP contribution in [0.2, 0.25) is 0 Å². The van der Waals surface area contributed by atoms with E-state index in [4.69, 9.17) is 5.73 Å². The van der Waals surface area contributed by atoms with Gasteiger partial charge in [0.05, 0.1) is 0 Å². The van der Waals surface area contributed by atoms with Gasteiger partial charge < -0.3 is 5.73 Å². The molecule has 5 aliphatic rings. The molecule has 4 aliphatic carbocycles. The van der Waals surface area contributed by atoms with E-state index in [1.54, 1.807) is 0 Å². The molecular weight excluding hydrogens is 234 g/mol. The summed E-state index contributed by atoms with van der Waals surface area (Å²) in [5, 5.41) is 9.02. The molecule has 4 saturated carbocycles. The topological polar surface area (TPSA) is 50.7 Å². The standard InChI is InChI=1S/C16H25N3/c1-9-14(8-17)7-15(19-18-9)16-12-3-10-2-11(5-12)6-13(16)4-10/h10-14,16H,2-8,17H2,1H3. The molecule has 4 fully saturated rings. The molecule has 3 heteroatoms. The van der Waals surface area contributed by atoms with E-state index in [2.05, 4.69) is 17.1 Å². The Morgan fingerprint density at radius 3 is 2.21 bits per heavy atom. The molecule has 0 spiro atoms. The van der Waals surface area contributed by atoms with Gasteiger partial charge in [0.2, 0.25) is 0 Å². The highest BCUT2D eigenvalue weighted by atomic mass is 15.2. The van der Waals surface area contributed by atoms with Gasteiger partial charge in [0.15, 0.2) is 0 Å². The van der Waals surface area contributed by atoms with Crippen molar-refractivity contribution in [1.29, 1.82) is 0 Å². The third kappa shape index (κ3) is 1.89. The first kappa shape index (κ1) is 12.1. The van der Waals surface area contributed by atoms with Gasteiger partial charge in [-0.25, -0.2) is 0 Å². The van der Waals surface area contributed by atoms with Crippen molar-refractivity contribution in [2.45, 2.75) is 45.4 Å². The largest absolute Gasteiger partial charge is 0.330 e. The monoisotopic (exact) mass is 259 g/mol. The van der Waals surface area contributed by atoms with Crippen molar-refractivity contribution in [3.8, 4) is 0 Å². The maximum atomic E-state index is 5.89. The summed E-state index contributed by atoms with van der Waals surface area (Å²) in [6.45, 7) is 2.80. The highest BCUT2D eigenvalue weighted by Gasteiger charge is 2.50. The van der Waals surface area contributed by atoms with Crippen LogP contribution in [-0.2, 0) is 0 Å². The third-order valence-corrected chi connectivity index (χ3v) is 6.28. The van der Waals surface area contributed by atoms with Gasteiger partial charge in [-0.2, -0.15) is 10.2 Å². The van der Waals surface area contributed by atoms with Gasteiger partial charge in [-0.15, -0.1) is 0 Å². The van der Waals surface area contributed by atoms with Crippen molar-refractivity contribution in [3.05, 3.63) is 0 Å². The predicted octanol–water partition coefficient (Wildman–Crippen LogP) is 2.85. The number of rotatable bonds is 2. The average molecular weight is 259 g/mol. The zero-order valence-corrected chi connectivity index (χ0v) is 11.9. The van der Waals surface area contributed by atoms with E-state index in [1.165, 1.54) is 37.8 Å². The minimum atomic E-state index is 0.449. The Morgan fingerprint density at radius 1 is 1.00 bits per heavy atom. The van der Waals surface area contributed by atoms with Gasteiger partial charge in [0.1, 0.15) is 0 Å². The average Bonchev–Trinajstić information content (AvgIpc) is 2.39. The smallest absolute Gasteiger partial charge is 0.0449 e. The summed E-state index contributed by atoms with van der Waals surface area (Å²) < 4.78 is 0. The molecule has 1 aliphatic heterocycles. The van der Waals surface area contributed by atoms with Crippen LogP contribution in [0.4, 0.5) is 0 Å². The summed E-state index contributed by atoms with van der Waals surface area (Å²) in [5.74, 6) is 5.12. The van der Waals surface area contributed by atoms with Crippen molar-refractivity contribution in [3.63, 3.8) is 0 Å². The van der Waals surface area contributed by atoms with Gasteiger partial charge in [0.25, 0.3) is 0 Å². The molecule has 104 valence electrons. The van der Waals surface area contributed by atoms with Crippen LogP contribution in [0.25, 0.3) is 0 Å². The minimum absolute atomic E-state index is 0.449. The van der Waals surface area contributed by atoms with Crippen molar-refractivity contribution in [2.75, 3.05) is 6.54 Å². The molecule has 0 amide bonds. The lowest BCUT2D eigenvalue weighted by Gasteiger charge is -2.55. The molecular formula is C16H25N3. The van der Waals surface area contributed by atoms with E-state index >= 15 is 0 Å². The fourth-order valence-corrected chi connectivity index (χ4v) is 5.59. The molecule has 0 aromatic rings. The molecule has 5 rings (SSSR count). The quantitative estimate of drug-likeness (QED) is 0.814. The molecule has 4 bridgehead atoms. The predicted molar refractivity (Wildman–Crippen MR) is 78.2 cm³/mol. The summed E-state index contributed by atoms with van der Waals surface area (Å²) in [7, 11) is 0. The van der Waals surface area contributed by atoms with E-state index < -0.39 is 0 Å². The van der Waals surface area contributed by atoms with Gasteiger partial charge in [-0.05, 0) is 69.1 Å². The highest BCUT2D eigenvalue weighted by molar-refractivity contribution is 5.97. The Labute approximate surface area is 115 Å². The summed E-state index contributed by atoms with van der Waals surface area (Å²) in [4.78, 5) is 0. The van der Waals surface area contributed by atoms with Crippen molar-refractivity contribution in [1.82, 2.24) is 0 Å². The lowest BCUT2D eigenvalue weighted by molar-refractivity contribution is -0.00923. The van der Waals surface area contributed by atoms with Gasteiger partial charge in [-0.1, -0.05) is 0 Å². The zero-order valence-electron chi connectivity index (χ0n) is 11.9. The summed E-state index contributed by atoms with van der Waals surface area (Å²) in [6, 6.07) is 0. The van der Waals surface area contributed by atoms with Gasteiger partial charge in [0, 0.05) is 29.8 Å². The van der Waals surface area contributed by atoms with Crippen LogP contribution in [-0.4, -0.2) is 18.0 Å². The second kappa shape index (κ2) is 4.41. The second-order valence-corrected chi connectivity index (χ2v) is 7.43. The van der Waals surface area contributed by atoms with Crippen LogP contribution in [0.15, 0.2) is 10.2 Å². The molecule has 0 radical (unpaired) electrons. The fourth-order valence-electron chi connectivity index (χ4n) is 5.59. The van der Waals surface area contributed by atoms with Crippen LogP contribution in [0.3, 0.4) is 0 Å². The molecule has 19 heavy (non-hydrogen) atoms. The summed E-state index contributed by atoms with van der Waals surface area (Å²) >= 11 is 0. The van der Waals surface area contributed by atoms with Crippen LogP contribution in [0.5, 0.6) is 0 Å². The molecule has 1 heterocycles. The Kier molecular flexibility index (Phi) is 2.80. The molecule has 3 nitrogen and oxygen atoms in total. The van der Waals surface area contributed by atoms with Gasteiger partial charge in [-0.3, -0.25) is 0 Å². The summed E-state index contributed by atoms with van der Waals surface area (Å²) in [6.07, 6.45) is 8.46. The molecule has 0 aromatic carbocycles. The fraction of sp³-hybridized carbons (Fsp3) is 0.875. The van der Waals surface area contributed by atoms with Crippen molar-refractivity contribution in [2.24, 2.45) is 51.4 Å². The maximum absolute atomic E-state index is 5.89. The van der Waals surface area contributed by atoms with Crippen LogP contribution in [0.1, 0.15) is 45.4 Å².